The van der Waals surface area contributed by atoms with E-state index in [1.807, 2.05) is 24.3 Å². The van der Waals surface area contributed by atoms with Gasteiger partial charge in [0.1, 0.15) is 11.6 Å². The molecule has 1 atom stereocenters. The molecule has 0 aromatic heterocycles. The summed E-state index contributed by atoms with van der Waals surface area (Å²) in [7, 11) is 0. The summed E-state index contributed by atoms with van der Waals surface area (Å²) in [6.07, 6.45) is 0.566. The molecule has 0 saturated heterocycles. The van der Waals surface area contributed by atoms with Crippen LogP contribution in [0.4, 0.5) is 4.39 Å². The fourth-order valence-corrected chi connectivity index (χ4v) is 2.03. The van der Waals surface area contributed by atoms with E-state index in [-0.39, 0.29) is 11.9 Å². The summed E-state index contributed by atoms with van der Waals surface area (Å²) in [6.45, 7) is 0.455. The fourth-order valence-electron chi connectivity index (χ4n) is 1.77. The van der Waals surface area contributed by atoms with E-state index in [4.69, 9.17) is 10.5 Å². The third-order valence-corrected chi connectivity index (χ3v) is 3.34. The van der Waals surface area contributed by atoms with E-state index in [0.29, 0.717) is 18.6 Å². The second kappa shape index (κ2) is 6.68. The molecule has 0 spiro atoms. The predicted molar refractivity (Wildman–Crippen MR) is 77.6 cm³/mol. The van der Waals surface area contributed by atoms with Crippen LogP contribution in [0.25, 0.3) is 0 Å². The summed E-state index contributed by atoms with van der Waals surface area (Å²) >= 11 is 3.36. The van der Waals surface area contributed by atoms with Gasteiger partial charge in [0.15, 0.2) is 0 Å². The standard InChI is InChI=1S/C15H15BrFNO/c16-11-5-7-12(8-6-11)19-10-9-15(18)13-3-1-2-4-14(13)17/h1-8,15H,9-10,18H2. The third kappa shape index (κ3) is 4.04. The molecule has 0 aliphatic rings. The molecule has 2 aromatic carbocycles. The maximum atomic E-state index is 13.5. The Kier molecular flexibility index (Phi) is 4.93. The first-order chi connectivity index (χ1) is 9.16. The average molecular weight is 324 g/mol. The van der Waals surface area contributed by atoms with Gasteiger partial charge in [-0.2, -0.15) is 0 Å². The van der Waals surface area contributed by atoms with Crippen molar-refractivity contribution in [2.75, 3.05) is 6.61 Å². The van der Waals surface area contributed by atoms with Gasteiger partial charge in [0.05, 0.1) is 6.61 Å². The first-order valence-electron chi connectivity index (χ1n) is 6.05. The minimum atomic E-state index is -0.350. The highest BCUT2D eigenvalue weighted by atomic mass is 79.9. The van der Waals surface area contributed by atoms with Crippen molar-refractivity contribution in [3.05, 3.63) is 64.4 Å². The van der Waals surface area contributed by atoms with Gasteiger partial charge in [0, 0.05) is 22.5 Å². The Labute approximate surface area is 120 Å². The van der Waals surface area contributed by atoms with Crippen LogP contribution in [-0.4, -0.2) is 6.61 Å². The van der Waals surface area contributed by atoms with Crippen LogP contribution in [-0.2, 0) is 0 Å². The fraction of sp³-hybridized carbons (Fsp3) is 0.200. The number of rotatable bonds is 5. The molecule has 0 amide bonds. The van der Waals surface area contributed by atoms with Crippen LogP contribution in [0.1, 0.15) is 18.0 Å². The van der Waals surface area contributed by atoms with Crippen molar-refractivity contribution in [1.82, 2.24) is 0 Å². The summed E-state index contributed by atoms with van der Waals surface area (Å²) in [5, 5.41) is 0. The molecular formula is C15H15BrFNO. The molecule has 19 heavy (non-hydrogen) atoms. The van der Waals surface area contributed by atoms with Gasteiger partial charge in [-0.3, -0.25) is 0 Å². The molecule has 0 aliphatic heterocycles. The van der Waals surface area contributed by atoms with E-state index in [1.54, 1.807) is 18.2 Å². The molecule has 0 heterocycles. The van der Waals surface area contributed by atoms with Gasteiger partial charge in [0.25, 0.3) is 0 Å². The van der Waals surface area contributed by atoms with E-state index in [0.717, 1.165) is 10.2 Å². The smallest absolute Gasteiger partial charge is 0.127 e. The molecule has 2 aromatic rings. The Morgan fingerprint density at radius 1 is 1.11 bits per heavy atom. The minimum Gasteiger partial charge on any atom is -0.494 e. The molecule has 1 unspecified atom stereocenters. The van der Waals surface area contributed by atoms with Gasteiger partial charge in [-0.15, -0.1) is 0 Å². The number of hydrogen-bond donors (Lipinski definition) is 1. The van der Waals surface area contributed by atoms with Gasteiger partial charge in [-0.05, 0) is 30.3 Å². The summed E-state index contributed by atoms with van der Waals surface area (Å²) in [4.78, 5) is 0. The average Bonchev–Trinajstić information content (AvgIpc) is 2.41. The maximum Gasteiger partial charge on any atom is 0.127 e. The molecule has 4 heteroatoms. The SMILES string of the molecule is NC(CCOc1ccc(Br)cc1)c1ccccc1F. The molecule has 2 N–H and O–H groups in total. The first kappa shape index (κ1) is 14.0. The summed E-state index contributed by atoms with van der Waals surface area (Å²) in [5.74, 6) is 0.516. The molecule has 2 rings (SSSR count). The van der Waals surface area contributed by atoms with E-state index >= 15 is 0 Å². The Morgan fingerprint density at radius 2 is 1.79 bits per heavy atom. The number of ether oxygens (including phenoxy) is 1. The lowest BCUT2D eigenvalue weighted by molar-refractivity contribution is 0.297. The Hall–Kier alpha value is -1.39. The molecule has 100 valence electrons. The molecule has 0 aliphatic carbocycles. The molecule has 0 saturated carbocycles. The van der Waals surface area contributed by atoms with Crippen LogP contribution in [0.3, 0.4) is 0 Å². The van der Waals surface area contributed by atoms with E-state index < -0.39 is 0 Å². The van der Waals surface area contributed by atoms with Crippen LogP contribution in [0.15, 0.2) is 53.0 Å². The van der Waals surface area contributed by atoms with Crippen molar-refractivity contribution >= 4 is 15.9 Å². The van der Waals surface area contributed by atoms with Gasteiger partial charge in [-0.25, -0.2) is 4.39 Å². The highest BCUT2D eigenvalue weighted by Crippen LogP contribution is 2.19. The predicted octanol–water partition coefficient (Wildman–Crippen LogP) is 4.06. The van der Waals surface area contributed by atoms with Gasteiger partial charge in [0.2, 0.25) is 0 Å². The zero-order valence-electron chi connectivity index (χ0n) is 10.4. The van der Waals surface area contributed by atoms with Crippen molar-refractivity contribution in [2.45, 2.75) is 12.5 Å². The van der Waals surface area contributed by atoms with Gasteiger partial charge in [-0.1, -0.05) is 34.1 Å². The van der Waals surface area contributed by atoms with Gasteiger partial charge >= 0.3 is 0 Å². The lowest BCUT2D eigenvalue weighted by atomic mass is 10.0. The zero-order valence-corrected chi connectivity index (χ0v) is 11.9. The Morgan fingerprint density at radius 3 is 2.47 bits per heavy atom. The highest BCUT2D eigenvalue weighted by molar-refractivity contribution is 9.10. The van der Waals surface area contributed by atoms with Crippen molar-refractivity contribution in [2.24, 2.45) is 5.73 Å². The Bertz CT molecular complexity index is 530. The van der Waals surface area contributed by atoms with E-state index in [1.165, 1.54) is 6.07 Å². The second-order valence-corrected chi connectivity index (χ2v) is 5.13. The largest absolute Gasteiger partial charge is 0.494 e. The Balaban J connectivity index is 1.86. The lowest BCUT2D eigenvalue weighted by Gasteiger charge is -2.13. The van der Waals surface area contributed by atoms with Crippen molar-refractivity contribution < 1.29 is 9.13 Å². The van der Waals surface area contributed by atoms with E-state index in [9.17, 15) is 4.39 Å². The van der Waals surface area contributed by atoms with Crippen LogP contribution in [0.2, 0.25) is 0 Å². The topological polar surface area (TPSA) is 35.2 Å². The van der Waals surface area contributed by atoms with Crippen LogP contribution in [0.5, 0.6) is 5.75 Å². The quantitative estimate of drug-likeness (QED) is 0.900. The molecular weight excluding hydrogens is 309 g/mol. The molecule has 2 nitrogen and oxygen atoms in total. The van der Waals surface area contributed by atoms with Gasteiger partial charge < -0.3 is 10.5 Å². The number of nitrogens with two attached hydrogens (primary N) is 1. The summed E-state index contributed by atoms with van der Waals surface area (Å²) < 4.78 is 20.1. The third-order valence-electron chi connectivity index (χ3n) is 2.82. The highest BCUT2D eigenvalue weighted by Gasteiger charge is 2.10. The molecule has 0 fully saturated rings. The summed E-state index contributed by atoms with van der Waals surface area (Å²) in [6, 6.07) is 13.8. The number of hydrogen-bond acceptors (Lipinski definition) is 2. The molecule has 0 bridgehead atoms. The van der Waals surface area contributed by atoms with Crippen molar-refractivity contribution in [3.8, 4) is 5.75 Å². The second-order valence-electron chi connectivity index (χ2n) is 4.22. The van der Waals surface area contributed by atoms with Crippen LogP contribution < -0.4 is 10.5 Å². The zero-order chi connectivity index (χ0) is 13.7. The monoisotopic (exact) mass is 323 g/mol. The first-order valence-corrected chi connectivity index (χ1v) is 6.84. The minimum absolute atomic E-state index is 0.265. The van der Waals surface area contributed by atoms with Crippen molar-refractivity contribution in [3.63, 3.8) is 0 Å². The van der Waals surface area contributed by atoms with E-state index in [2.05, 4.69) is 15.9 Å². The normalized spacial score (nSPS) is 12.2. The summed E-state index contributed by atoms with van der Waals surface area (Å²) in [5.41, 5.74) is 6.49. The van der Waals surface area contributed by atoms with Crippen molar-refractivity contribution in [1.29, 1.82) is 0 Å². The lowest BCUT2D eigenvalue weighted by Crippen LogP contribution is -2.15. The maximum absolute atomic E-state index is 13.5. The number of halogens is 2. The van der Waals surface area contributed by atoms with Crippen LogP contribution in [0, 0.1) is 5.82 Å². The van der Waals surface area contributed by atoms with Crippen LogP contribution >= 0.6 is 15.9 Å². The number of benzene rings is 2. The molecule has 0 radical (unpaired) electrons.